The Morgan fingerprint density at radius 3 is 2.24 bits per heavy atom. The first-order valence-corrected chi connectivity index (χ1v) is 19.0. The first-order chi connectivity index (χ1) is 26.1. The van der Waals surface area contributed by atoms with E-state index in [0.717, 1.165) is 59.2 Å². The van der Waals surface area contributed by atoms with Gasteiger partial charge in [-0.2, -0.15) is 0 Å². The van der Waals surface area contributed by atoms with Gasteiger partial charge in [-0.3, -0.25) is 4.90 Å². The molecule has 0 aromatic heterocycles. The number of carbonyl (C=O) groups is 1. The molecule has 286 valence electrons. The maximum absolute atomic E-state index is 13.0. The van der Waals surface area contributed by atoms with Crippen molar-refractivity contribution in [3.05, 3.63) is 94.0 Å². The lowest BCUT2D eigenvalue weighted by Crippen LogP contribution is -2.63. The molecule has 4 aliphatic rings. The lowest BCUT2D eigenvalue weighted by atomic mass is 9.84. The van der Waals surface area contributed by atoms with Crippen molar-refractivity contribution < 1.29 is 42.8 Å². The van der Waals surface area contributed by atoms with Crippen molar-refractivity contribution in [3.8, 4) is 46.0 Å². The summed E-state index contributed by atoms with van der Waals surface area (Å²) in [5.41, 5.74) is 6.43. The van der Waals surface area contributed by atoms with E-state index in [9.17, 15) is 9.90 Å². The number of carboxylic acid groups (broad SMARTS) is 1. The van der Waals surface area contributed by atoms with E-state index in [4.69, 9.17) is 28.4 Å². The largest absolute Gasteiger partial charge is 0.544 e. The van der Waals surface area contributed by atoms with Crippen LogP contribution in [0.3, 0.4) is 0 Å². The van der Waals surface area contributed by atoms with Crippen molar-refractivity contribution in [1.29, 1.82) is 0 Å². The Hall–Kier alpha value is -4.93. The molecule has 4 aliphatic heterocycles. The van der Waals surface area contributed by atoms with E-state index in [2.05, 4.69) is 68.4 Å². The third-order valence-electron chi connectivity index (χ3n) is 12.0. The molecule has 0 N–H and O–H groups in total. The van der Waals surface area contributed by atoms with Crippen molar-refractivity contribution in [2.45, 2.75) is 70.0 Å². The number of ether oxygens (including phenoxy) is 6. The third kappa shape index (κ3) is 6.82. The summed E-state index contributed by atoms with van der Waals surface area (Å²) >= 11 is 0. The summed E-state index contributed by atoms with van der Waals surface area (Å²) in [5, 5.41) is 13.0. The Labute approximate surface area is 318 Å². The summed E-state index contributed by atoms with van der Waals surface area (Å²) in [5.74, 6) is 3.73. The van der Waals surface area contributed by atoms with Gasteiger partial charge in [-0.1, -0.05) is 31.5 Å². The molecule has 10 nitrogen and oxygen atoms in total. The van der Waals surface area contributed by atoms with E-state index in [-0.39, 0.29) is 12.1 Å². The molecule has 4 aromatic rings. The van der Waals surface area contributed by atoms with Crippen molar-refractivity contribution >= 4 is 5.97 Å². The van der Waals surface area contributed by atoms with Gasteiger partial charge in [-0.25, -0.2) is 0 Å². The number of hydrogen-bond acceptors (Lipinski definition) is 9. The quantitative estimate of drug-likeness (QED) is 0.169. The zero-order chi connectivity index (χ0) is 38.1. The van der Waals surface area contributed by atoms with E-state index in [1.807, 2.05) is 18.2 Å². The van der Waals surface area contributed by atoms with Crippen LogP contribution >= 0.6 is 0 Å². The van der Waals surface area contributed by atoms with Gasteiger partial charge in [0.25, 0.3) is 0 Å². The average Bonchev–Trinajstić information content (AvgIpc) is 3.17. The van der Waals surface area contributed by atoms with Crippen LogP contribution in [0, 0.1) is 0 Å². The molecule has 10 heteroatoms. The van der Waals surface area contributed by atoms with Crippen LogP contribution in [-0.4, -0.2) is 77.0 Å². The van der Waals surface area contributed by atoms with Gasteiger partial charge in [0.15, 0.2) is 34.5 Å². The Bertz CT molecular complexity index is 2010. The fraction of sp³-hybridized carbons (Fsp3) is 0.432. The number of carbonyl (C=O) groups excluding carboxylic acids is 1. The van der Waals surface area contributed by atoms with Crippen LogP contribution in [0.2, 0.25) is 0 Å². The van der Waals surface area contributed by atoms with Crippen LogP contribution in [-0.2, 0) is 30.5 Å². The zero-order valence-electron chi connectivity index (χ0n) is 32.5. The fourth-order valence-corrected chi connectivity index (χ4v) is 8.90. The smallest absolute Gasteiger partial charge is 0.204 e. The van der Waals surface area contributed by atoms with Gasteiger partial charge in [0.05, 0.1) is 48.0 Å². The summed E-state index contributed by atoms with van der Waals surface area (Å²) in [4.78, 5) is 15.3. The lowest BCUT2D eigenvalue weighted by Gasteiger charge is -2.51. The number of likely N-dealkylation sites (N-methyl/N-ethyl adjacent to an activating group) is 2. The van der Waals surface area contributed by atoms with Crippen LogP contribution in [0.25, 0.3) is 0 Å². The summed E-state index contributed by atoms with van der Waals surface area (Å²) in [6.45, 7) is 3.58. The molecule has 4 heterocycles. The van der Waals surface area contributed by atoms with Crippen molar-refractivity contribution in [2.24, 2.45) is 0 Å². The second kappa shape index (κ2) is 15.4. The molecular formula is C44H52N2O8. The molecule has 0 radical (unpaired) electrons. The number of quaternary nitrogens is 1. The molecule has 4 unspecified atom stereocenters. The van der Waals surface area contributed by atoms with Crippen LogP contribution in [0.1, 0.15) is 71.7 Å². The maximum Gasteiger partial charge on any atom is 0.204 e. The van der Waals surface area contributed by atoms with E-state index in [1.165, 1.54) is 0 Å². The van der Waals surface area contributed by atoms with Gasteiger partial charge < -0.3 is 42.8 Å². The monoisotopic (exact) mass is 736 g/mol. The topological polar surface area (TPSA) is 98.8 Å². The first-order valence-electron chi connectivity index (χ1n) is 19.0. The van der Waals surface area contributed by atoms with Gasteiger partial charge in [0.2, 0.25) is 5.75 Å². The molecule has 6 bridgehead atoms. The molecule has 54 heavy (non-hydrogen) atoms. The van der Waals surface area contributed by atoms with Crippen LogP contribution in [0.5, 0.6) is 46.0 Å². The second-order valence-corrected chi connectivity index (χ2v) is 15.0. The highest BCUT2D eigenvalue weighted by Gasteiger charge is 2.46. The molecule has 0 spiro atoms. The summed E-state index contributed by atoms with van der Waals surface area (Å²) in [6, 6.07) is 19.4. The Balaban J connectivity index is 1.48. The van der Waals surface area contributed by atoms with Crippen molar-refractivity contribution in [2.75, 3.05) is 55.6 Å². The number of carboxylic acids is 1. The maximum atomic E-state index is 13.0. The molecular weight excluding hydrogens is 684 g/mol. The number of hydrogen-bond donors (Lipinski definition) is 0. The second-order valence-electron chi connectivity index (χ2n) is 15.0. The van der Waals surface area contributed by atoms with Gasteiger partial charge in [-0.15, -0.1) is 0 Å². The van der Waals surface area contributed by atoms with Crippen LogP contribution in [0.4, 0.5) is 0 Å². The van der Waals surface area contributed by atoms with Gasteiger partial charge in [0.1, 0.15) is 17.8 Å². The standard InChI is InChI=1S/C44H52N2O8/c1-8-9-10-34(44(47)48)46(3)20-18-29-24-37(50-5)39-26-32(29)35(46)22-27-11-14-31(15-12-27)53-38-23-28(13-16-36(38)49-4)21-33-41-30(17-19-45(33)2)25-40(51-6)42(52-7)43(41)54-39/h11-16,23-26,33-35H,8-10,17-22H2,1-7H3. The number of nitrogens with zero attached hydrogens (tertiary/aromatic N) is 2. The molecule has 0 saturated carbocycles. The number of benzene rings is 4. The van der Waals surface area contributed by atoms with Crippen LogP contribution < -0.4 is 33.5 Å². The van der Waals surface area contributed by atoms with E-state index in [1.54, 1.807) is 28.4 Å². The minimum absolute atomic E-state index is 0.0818. The molecule has 0 amide bonds. The Kier molecular flexibility index (Phi) is 10.7. The first kappa shape index (κ1) is 37.4. The van der Waals surface area contributed by atoms with Crippen LogP contribution in [0.15, 0.2) is 60.7 Å². The normalized spacial score (nSPS) is 21.0. The minimum atomic E-state index is -1.01. The molecule has 4 aromatic carbocycles. The van der Waals surface area contributed by atoms with E-state index in [0.29, 0.717) is 82.7 Å². The number of aliphatic carboxylic acids is 1. The Morgan fingerprint density at radius 2 is 1.56 bits per heavy atom. The predicted octanol–water partition coefficient (Wildman–Crippen LogP) is 6.99. The van der Waals surface area contributed by atoms with E-state index < -0.39 is 12.0 Å². The number of methoxy groups -OCH3 is 4. The lowest BCUT2D eigenvalue weighted by molar-refractivity contribution is -0.958. The van der Waals surface area contributed by atoms with Gasteiger partial charge in [0, 0.05) is 43.0 Å². The Morgan fingerprint density at radius 1 is 0.852 bits per heavy atom. The summed E-state index contributed by atoms with van der Waals surface area (Å²) < 4.78 is 37.7. The van der Waals surface area contributed by atoms with Gasteiger partial charge in [-0.05, 0) is 91.0 Å². The molecule has 4 atom stereocenters. The highest BCUT2D eigenvalue weighted by Crippen LogP contribution is 2.52. The SMILES string of the molecule is CCCCC(C(=O)[O-])[N+]1(C)CCc2cc(OC)c3cc2C1Cc1ccc(cc1)Oc1cc(ccc1OC)CC1c2c(cc(OC)c(OC)c2O3)CCN1C. The van der Waals surface area contributed by atoms with Gasteiger partial charge >= 0.3 is 0 Å². The number of fused-ring (bicyclic) bond motifs is 2. The zero-order valence-corrected chi connectivity index (χ0v) is 32.5. The fourth-order valence-electron chi connectivity index (χ4n) is 8.90. The third-order valence-corrected chi connectivity index (χ3v) is 12.0. The highest BCUT2D eigenvalue weighted by atomic mass is 16.5. The minimum Gasteiger partial charge on any atom is -0.544 e. The molecule has 0 fully saturated rings. The number of rotatable bonds is 9. The molecule has 8 rings (SSSR count). The van der Waals surface area contributed by atoms with Crippen molar-refractivity contribution in [3.63, 3.8) is 0 Å². The highest BCUT2D eigenvalue weighted by molar-refractivity contribution is 5.70. The summed E-state index contributed by atoms with van der Waals surface area (Å²) in [6.07, 6.45) is 4.98. The summed E-state index contributed by atoms with van der Waals surface area (Å²) in [7, 11) is 10.8. The predicted molar refractivity (Wildman–Crippen MR) is 204 cm³/mol. The number of unbranched alkanes of at least 4 members (excludes halogenated alkanes) is 1. The average molecular weight is 737 g/mol. The van der Waals surface area contributed by atoms with E-state index >= 15 is 0 Å². The molecule has 0 saturated heterocycles. The molecule has 0 aliphatic carbocycles. The van der Waals surface area contributed by atoms with Crippen molar-refractivity contribution in [1.82, 2.24) is 4.90 Å².